The Hall–Kier alpha value is -3.66. The molecule has 0 unspecified atom stereocenters. The topological polar surface area (TPSA) is 80.3 Å². The molecule has 0 saturated heterocycles. The van der Waals surface area contributed by atoms with Crippen LogP contribution in [-0.2, 0) is 12.6 Å². The summed E-state index contributed by atoms with van der Waals surface area (Å²) in [4.78, 5) is 27.9. The lowest BCUT2D eigenvalue weighted by molar-refractivity contribution is -0.137. The molecule has 0 aliphatic carbocycles. The fourth-order valence-electron chi connectivity index (χ4n) is 2.96. The number of benzene rings is 2. The molecule has 34 heavy (non-hydrogen) atoms. The Labute approximate surface area is 196 Å². The van der Waals surface area contributed by atoms with Gasteiger partial charge in [-0.1, -0.05) is 23.7 Å². The van der Waals surface area contributed by atoms with Crippen LogP contribution < -0.4 is 15.4 Å². The van der Waals surface area contributed by atoms with Crippen LogP contribution in [0.25, 0.3) is 0 Å². The Morgan fingerprint density at radius 3 is 2.50 bits per heavy atom. The van der Waals surface area contributed by atoms with Crippen LogP contribution in [-0.4, -0.2) is 30.4 Å². The molecule has 0 aliphatic heterocycles. The van der Waals surface area contributed by atoms with Crippen molar-refractivity contribution in [2.24, 2.45) is 0 Å². The number of hydrogen-bond donors (Lipinski definition) is 2. The van der Waals surface area contributed by atoms with Crippen LogP contribution in [0.2, 0.25) is 5.02 Å². The van der Waals surface area contributed by atoms with Crippen LogP contribution >= 0.6 is 11.6 Å². The average molecular weight is 496 g/mol. The molecular weight excluding hydrogens is 478 g/mol. The molecule has 2 amide bonds. The number of amides is 2. The zero-order valence-corrected chi connectivity index (χ0v) is 18.4. The van der Waals surface area contributed by atoms with E-state index in [9.17, 15) is 27.2 Å². The molecule has 11 heteroatoms. The molecule has 1 aromatic heterocycles. The SMILES string of the molecule is CNC(=O)c1cc(Oc2cccc(CCNC(=O)c3cc(C(F)(F)F)cc(Cl)c3F)c2)ccn1. The Kier molecular flexibility index (Phi) is 7.72. The molecule has 0 atom stereocenters. The van der Waals surface area contributed by atoms with Gasteiger partial charge in [0.1, 0.15) is 17.2 Å². The summed E-state index contributed by atoms with van der Waals surface area (Å²) in [5.41, 5.74) is -1.09. The molecule has 0 bridgehead atoms. The van der Waals surface area contributed by atoms with Gasteiger partial charge >= 0.3 is 6.18 Å². The smallest absolute Gasteiger partial charge is 0.416 e. The summed E-state index contributed by atoms with van der Waals surface area (Å²) < 4.78 is 58.7. The second-order valence-corrected chi connectivity index (χ2v) is 7.44. The van der Waals surface area contributed by atoms with Crippen LogP contribution in [0.5, 0.6) is 11.5 Å². The molecule has 0 spiro atoms. The van der Waals surface area contributed by atoms with E-state index in [-0.39, 0.29) is 24.6 Å². The van der Waals surface area contributed by atoms with E-state index in [1.165, 1.54) is 19.3 Å². The maximum absolute atomic E-state index is 14.1. The molecule has 3 rings (SSSR count). The van der Waals surface area contributed by atoms with E-state index in [1.807, 2.05) is 0 Å². The minimum absolute atomic E-state index is 0.0195. The van der Waals surface area contributed by atoms with Crippen molar-refractivity contribution in [2.75, 3.05) is 13.6 Å². The number of nitrogens with one attached hydrogen (secondary N) is 2. The highest BCUT2D eigenvalue weighted by Gasteiger charge is 2.33. The van der Waals surface area contributed by atoms with Gasteiger partial charge in [-0.05, 0) is 42.3 Å². The number of pyridine rings is 1. The summed E-state index contributed by atoms with van der Waals surface area (Å²) >= 11 is 5.52. The summed E-state index contributed by atoms with van der Waals surface area (Å²) in [7, 11) is 1.48. The summed E-state index contributed by atoms with van der Waals surface area (Å²) in [5, 5.41) is 4.06. The normalized spacial score (nSPS) is 11.1. The predicted octanol–water partition coefficient (Wildman–Crippen LogP) is 5.02. The number of hydrogen-bond acceptors (Lipinski definition) is 4. The summed E-state index contributed by atoms with van der Waals surface area (Å²) in [6.07, 6.45) is -3.06. The van der Waals surface area contributed by atoms with E-state index < -0.39 is 34.1 Å². The molecule has 0 saturated carbocycles. The van der Waals surface area contributed by atoms with Gasteiger partial charge in [0, 0.05) is 25.9 Å². The Morgan fingerprint density at radius 1 is 1.06 bits per heavy atom. The van der Waals surface area contributed by atoms with E-state index >= 15 is 0 Å². The van der Waals surface area contributed by atoms with Crippen LogP contribution in [0.1, 0.15) is 32.0 Å². The second-order valence-electron chi connectivity index (χ2n) is 7.03. The van der Waals surface area contributed by atoms with Crippen LogP contribution in [0.15, 0.2) is 54.7 Å². The third-order valence-electron chi connectivity index (χ3n) is 4.62. The number of alkyl halides is 3. The summed E-state index contributed by atoms with van der Waals surface area (Å²) in [6.45, 7) is 0.0195. The Bertz CT molecular complexity index is 1220. The molecule has 0 aliphatic rings. The van der Waals surface area contributed by atoms with Crippen molar-refractivity contribution in [2.45, 2.75) is 12.6 Å². The molecule has 0 fully saturated rings. The number of carbonyl (C=O) groups is 2. The van der Waals surface area contributed by atoms with E-state index in [1.54, 1.807) is 30.3 Å². The highest BCUT2D eigenvalue weighted by Crippen LogP contribution is 2.33. The van der Waals surface area contributed by atoms with Crippen LogP contribution in [0.3, 0.4) is 0 Å². The number of carbonyl (C=O) groups excluding carboxylic acids is 2. The second kappa shape index (κ2) is 10.5. The fraction of sp³-hybridized carbons (Fsp3) is 0.174. The molecule has 1 heterocycles. The van der Waals surface area contributed by atoms with Gasteiger partial charge in [0.05, 0.1) is 16.1 Å². The zero-order chi connectivity index (χ0) is 24.9. The Balaban J connectivity index is 1.64. The first-order valence-corrected chi connectivity index (χ1v) is 10.3. The predicted molar refractivity (Wildman–Crippen MR) is 117 cm³/mol. The third-order valence-corrected chi connectivity index (χ3v) is 4.90. The van der Waals surface area contributed by atoms with Crippen molar-refractivity contribution in [1.29, 1.82) is 0 Å². The molecule has 6 nitrogen and oxygen atoms in total. The number of ether oxygens (including phenoxy) is 1. The first-order valence-electron chi connectivity index (χ1n) is 9.88. The van der Waals surface area contributed by atoms with Crippen molar-refractivity contribution in [1.82, 2.24) is 15.6 Å². The summed E-state index contributed by atoms with van der Waals surface area (Å²) in [6, 6.07) is 10.7. The lowest BCUT2D eigenvalue weighted by Crippen LogP contribution is -2.27. The van der Waals surface area contributed by atoms with E-state index in [2.05, 4.69) is 15.6 Å². The summed E-state index contributed by atoms with van der Waals surface area (Å²) in [5.74, 6) is -1.77. The van der Waals surface area contributed by atoms with Gasteiger partial charge in [0.2, 0.25) is 0 Å². The molecule has 0 radical (unpaired) electrons. The highest BCUT2D eigenvalue weighted by atomic mass is 35.5. The lowest BCUT2D eigenvalue weighted by Gasteiger charge is -2.12. The molecule has 3 aromatic rings. The maximum atomic E-state index is 14.1. The van der Waals surface area contributed by atoms with Crippen LogP contribution in [0.4, 0.5) is 17.6 Å². The third kappa shape index (κ3) is 6.22. The van der Waals surface area contributed by atoms with Gasteiger partial charge in [-0.2, -0.15) is 13.2 Å². The minimum Gasteiger partial charge on any atom is -0.457 e. The van der Waals surface area contributed by atoms with Gasteiger partial charge in [-0.15, -0.1) is 0 Å². The monoisotopic (exact) mass is 495 g/mol. The molecular formula is C23H18ClF4N3O3. The van der Waals surface area contributed by atoms with Crippen molar-refractivity contribution in [3.05, 3.63) is 88.0 Å². The first-order chi connectivity index (χ1) is 16.1. The van der Waals surface area contributed by atoms with E-state index in [4.69, 9.17) is 16.3 Å². The lowest BCUT2D eigenvalue weighted by atomic mass is 10.1. The maximum Gasteiger partial charge on any atom is 0.416 e. The number of aromatic nitrogens is 1. The van der Waals surface area contributed by atoms with Gasteiger partial charge in [0.25, 0.3) is 11.8 Å². The van der Waals surface area contributed by atoms with Crippen molar-refractivity contribution < 1.29 is 31.9 Å². The molecule has 178 valence electrons. The standard InChI is InChI=1S/C23H18ClF4N3O3/c1-29-22(33)19-12-16(6-8-30-19)34-15-4-2-3-13(9-15)5-7-31-21(32)17-10-14(23(26,27)28)11-18(24)20(17)25/h2-4,6,8-12H,5,7H2,1H3,(H,29,33)(H,31,32). The van der Waals surface area contributed by atoms with Crippen molar-refractivity contribution >= 4 is 23.4 Å². The van der Waals surface area contributed by atoms with Crippen molar-refractivity contribution in [3.8, 4) is 11.5 Å². The Morgan fingerprint density at radius 2 is 1.79 bits per heavy atom. The van der Waals surface area contributed by atoms with E-state index in [0.717, 1.165) is 5.56 Å². The van der Waals surface area contributed by atoms with Crippen molar-refractivity contribution in [3.63, 3.8) is 0 Å². The van der Waals surface area contributed by atoms with E-state index in [0.29, 0.717) is 23.6 Å². The molecule has 2 N–H and O–H groups in total. The number of halogens is 5. The number of rotatable bonds is 7. The first kappa shape index (κ1) is 25.0. The largest absolute Gasteiger partial charge is 0.457 e. The van der Waals surface area contributed by atoms with Gasteiger partial charge in [-0.25, -0.2) is 4.39 Å². The molecule has 2 aromatic carbocycles. The van der Waals surface area contributed by atoms with Gasteiger partial charge in [0.15, 0.2) is 5.82 Å². The number of nitrogens with zero attached hydrogens (tertiary/aromatic N) is 1. The average Bonchev–Trinajstić information content (AvgIpc) is 2.79. The fourth-order valence-corrected chi connectivity index (χ4v) is 3.18. The zero-order valence-electron chi connectivity index (χ0n) is 17.7. The quantitative estimate of drug-likeness (QED) is 0.451. The van der Waals surface area contributed by atoms with Gasteiger partial charge < -0.3 is 15.4 Å². The minimum atomic E-state index is -4.78. The van der Waals surface area contributed by atoms with Crippen LogP contribution in [0, 0.1) is 5.82 Å². The highest BCUT2D eigenvalue weighted by molar-refractivity contribution is 6.31. The van der Waals surface area contributed by atoms with Gasteiger partial charge in [-0.3, -0.25) is 14.6 Å².